The predicted molar refractivity (Wildman–Crippen MR) is 53.9 cm³/mol. The van der Waals surface area contributed by atoms with Crippen LogP contribution in [0.4, 0.5) is 0 Å². The summed E-state index contributed by atoms with van der Waals surface area (Å²) in [6.07, 6.45) is 4.66. The minimum Gasteiger partial charge on any atom is -0.459 e. The molecular formula is C11H20O3. The zero-order chi connectivity index (χ0) is 10.6. The maximum atomic E-state index is 11.4. The van der Waals surface area contributed by atoms with Gasteiger partial charge >= 0.3 is 5.97 Å². The number of carbonyl (C=O) groups excluding carboxylic acids is 1. The van der Waals surface area contributed by atoms with Crippen molar-refractivity contribution in [1.29, 1.82) is 0 Å². The maximum absolute atomic E-state index is 11.4. The van der Waals surface area contributed by atoms with Crippen LogP contribution in [0.15, 0.2) is 0 Å². The molecule has 1 rings (SSSR count). The minimum absolute atomic E-state index is 0.113. The number of rotatable bonds is 4. The molecule has 82 valence electrons. The molecule has 1 N–H and O–H groups in total. The van der Waals surface area contributed by atoms with Crippen LogP contribution in [0.1, 0.15) is 52.4 Å². The van der Waals surface area contributed by atoms with Crippen LogP contribution < -0.4 is 0 Å². The Bertz CT molecular complexity index is 193. The summed E-state index contributed by atoms with van der Waals surface area (Å²) in [6.45, 7) is 3.66. The van der Waals surface area contributed by atoms with E-state index in [1.54, 1.807) is 6.92 Å². The average Bonchev–Trinajstić information content (AvgIpc) is 2.52. The molecule has 1 saturated carbocycles. The van der Waals surface area contributed by atoms with E-state index >= 15 is 0 Å². The van der Waals surface area contributed by atoms with E-state index in [0.717, 1.165) is 32.1 Å². The Morgan fingerprint density at radius 2 is 2.07 bits per heavy atom. The molecule has 0 aromatic rings. The molecule has 1 aliphatic carbocycles. The monoisotopic (exact) mass is 200 g/mol. The van der Waals surface area contributed by atoms with Gasteiger partial charge in [0.1, 0.15) is 5.60 Å². The fourth-order valence-electron chi connectivity index (χ4n) is 2.07. The fourth-order valence-corrected chi connectivity index (χ4v) is 2.07. The molecule has 3 heteroatoms. The van der Waals surface area contributed by atoms with Gasteiger partial charge in [0.05, 0.1) is 12.5 Å². The Morgan fingerprint density at radius 3 is 2.50 bits per heavy atom. The molecule has 0 aromatic heterocycles. The number of aliphatic hydroxyl groups is 1. The summed E-state index contributed by atoms with van der Waals surface area (Å²) in [4.78, 5) is 11.4. The summed E-state index contributed by atoms with van der Waals surface area (Å²) in [5.41, 5.74) is -0.216. The van der Waals surface area contributed by atoms with Gasteiger partial charge in [0.15, 0.2) is 0 Å². The normalized spacial score (nSPS) is 21.9. The van der Waals surface area contributed by atoms with E-state index in [-0.39, 0.29) is 18.0 Å². The quantitative estimate of drug-likeness (QED) is 0.706. The van der Waals surface area contributed by atoms with Gasteiger partial charge in [0, 0.05) is 0 Å². The zero-order valence-electron chi connectivity index (χ0n) is 9.08. The first-order valence-corrected chi connectivity index (χ1v) is 5.48. The molecule has 1 atom stereocenters. The van der Waals surface area contributed by atoms with Crippen LogP contribution in [0.25, 0.3) is 0 Å². The third-order valence-electron chi connectivity index (χ3n) is 2.95. The van der Waals surface area contributed by atoms with Crippen molar-refractivity contribution in [3.63, 3.8) is 0 Å². The average molecular weight is 200 g/mol. The highest BCUT2D eigenvalue weighted by Gasteiger charge is 2.35. The molecule has 1 aliphatic rings. The van der Waals surface area contributed by atoms with Gasteiger partial charge in [-0.1, -0.05) is 6.92 Å². The van der Waals surface area contributed by atoms with Crippen LogP contribution in [-0.2, 0) is 9.53 Å². The SMILES string of the molecule is CCC1(OC(=O)CC(C)O)CCCC1. The number of aliphatic hydroxyl groups excluding tert-OH is 1. The third-order valence-corrected chi connectivity index (χ3v) is 2.95. The number of esters is 1. The molecule has 0 bridgehead atoms. The lowest BCUT2D eigenvalue weighted by atomic mass is 9.99. The van der Waals surface area contributed by atoms with E-state index < -0.39 is 6.10 Å². The number of hydrogen-bond donors (Lipinski definition) is 1. The van der Waals surface area contributed by atoms with Crippen LogP contribution in [0.5, 0.6) is 0 Å². The van der Waals surface area contributed by atoms with E-state index in [1.165, 1.54) is 0 Å². The molecule has 1 unspecified atom stereocenters. The first-order chi connectivity index (χ1) is 6.58. The second-order valence-corrected chi connectivity index (χ2v) is 4.27. The van der Waals surface area contributed by atoms with Crippen LogP contribution in [0, 0.1) is 0 Å². The first-order valence-electron chi connectivity index (χ1n) is 5.48. The molecule has 0 saturated heterocycles. The highest BCUT2D eigenvalue weighted by atomic mass is 16.6. The molecular weight excluding hydrogens is 180 g/mol. The Hall–Kier alpha value is -0.570. The summed E-state index contributed by atoms with van der Waals surface area (Å²) >= 11 is 0. The number of hydrogen-bond acceptors (Lipinski definition) is 3. The van der Waals surface area contributed by atoms with E-state index in [0.29, 0.717) is 0 Å². The first kappa shape index (κ1) is 11.5. The zero-order valence-corrected chi connectivity index (χ0v) is 9.08. The highest BCUT2D eigenvalue weighted by molar-refractivity contribution is 5.70. The van der Waals surface area contributed by atoms with Crippen LogP contribution in [0.2, 0.25) is 0 Å². The van der Waals surface area contributed by atoms with Crippen molar-refractivity contribution in [3.8, 4) is 0 Å². The van der Waals surface area contributed by atoms with Gasteiger partial charge in [-0.05, 0) is 39.0 Å². The summed E-state index contributed by atoms with van der Waals surface area (Å²) in [5.74, 6) is -0.260. The molecule has 0 aromatic carbocycles. The van der Waals surface area contributed by atoms with Crippen LogP contribution >= 0.6 is 0 Å². The third kappa shape index (κ3) is 2.98. The largest absolute Gasteiger partial charge is 0.459 e. The molecule has 0 radical (unpaired) electrons. The molecule has 0 heterocycles. The molecule has 14 heavy (non-hydrogen) atoms. The van der Waals surface area contributed by atoms with Crippen molar-refractivity contribution in [3.05, 3.63) is 0 Å². The summed E-state index contributed by atoms with van der Waals surface area (Å²) in [6, 6.07) is 0. The van der Waals surface area contributed by atoms with Crippen molar-refractivity contribution in [2.75, 3.05) is 0 Å². The second kappa shape index (κ2) is 4.78. The highest BCUT2D eigenvalue weighted by Crippen LogP contribution is 2.36. The molecule has 0 aliphatic heterocycles. The van der Waals surface area contributed by atoms with Gasteiger partial charge in [-0.3, -0.25) is 4.79 Å². The molecule has 0 amide bonds. The Labute approximate surface area is 85.5 Å². The van der Waals surface area contributed by atoms with Crippen molar-refractivity contribution in [2.45, 2.75) is 64.1 Å². The molecule has 0 spiro atoms. The molecule has 1 fully saturated rings. The van der Waals surface area contributed by atoms with E-state index in [2.05, 4.69) is 6.92 Å². The fraction of sp³-hybridized carbons (Fsp3) is 0.909. The van der Waals surface area contributed by atoms with Gasteiger partial charge < -0.3 is 9.84 Å². The Morgan fingerprint density at radius 1 is 1.50 bits per heavy atom. The van der Waals surface area contributed by atoms with Gasteiger partial charge in [0.2, 0.25) is 0 Å². The van der Waals surface area contributed by atoms with Gasteiger partial charge in [-0.2, -0.15) is 0 Å². The Balaban J connectivity index is 2.44. The minimum atomic E-state index is -0.599. The maximum Gasteiger partial charge on any atom is 0.308 e. The number of carbonyl (C=O) groups is 1. The van der Waals surface area contributed by atoms with Crippen molar-refractivity contribution in [1.82, 2.24) is 0 Å². The number of ether oxygens (including phenoxy) is 1. The summed E-state index contributed by atoms with van der Waals surface area (Å²) in [5, 5.41) is 9.05. The lowest BCUT2D eigenvalue weighted by Crippen LogP contribution is -2.32. The Kier molecular flexibility index (Phi) is 3.93. The van der Waals surface area contributed by atoms with E-state index in [9.17, 15) is 4.79 Å². The lowest BCUT2D eigenvalue weighted by molar-refractivity contribution is -0.161. The van der Waals surface area contributed by atoms with Gasteiger partial charge in [-0.15, -0.1) is 0 Å². The van der Waals surface area contributed by atoms with Crippen LogP contribution in [-0.4, -0.2) is 22.8 Å². The van der Waals surface area contributed by atoms with Crippen molar-refractivity contribution >= 4 is 5.97 Å². The van der Waals surface area contributed by atoms with Gasteiger partial charge in [0.25, 0.3) is 0 Å². The predicted octanol–water partition coefficient (Wildman–Crippen LogP) is 2.02. The van der Waals surface area contributed by atoms with Crippen LogP contribution in [0.3, 0.4) is 0 Å². The standard InChI is InChI=1S/C11H20O3/c1-3-11(6-4-5-7-11)14-10(13)8-9(2)12/h9,12H,3-8H2,1-2H3. The van der Waals surface area contributed by atoms with Crippen molar-refractivity contribution < 1.29 is 14.6 Å². The van der Waals surface area contributed by atoms with E-state index in [4.69, 9.17) is 9.84 Å². The van der Waals surface area contributed by atoms with Gasteiger partial charge in [-0.25, -0.2) is 0 Å². The summed E-state index contributed by atoms with van der Waals surface area (Å²) < 4.78 is 5.46. The smallest absolute Gasteiger partial charge is 0.308 e. The molecule has 3 nitrogen and oxygen atoms in total. The second-order valence-electron chi connectivity index (χ2n) is 4.27. The van der Waals surface area contributed by atoms with Crippen molar-refractivity contribution in [2.24, 2.45) is 0 Å². The topological polar surface area (TPSA) is 46.5 Å². The van der Waals surface area contributed by atoms with E-state index in [1.807, 2.05) is 0 Å². The summed E-state index contributed by atoms with van der Waals surface area (Å²) in [7, 11) is 0. The lowest BCUT2D eigenvalue weighted by Gasteiger charge is -2.27.